The van der Waals surface area contributed by atoms with Crippen LogP contribution in [0.1, 0.15) is 5.56 Å². The molecule has 0 atom stereocenters. The molecule has 0 aromatic heterocycles. The molecule has 0 spiro atoms. The highest BCUT2D eigenvalue weighted by Gasteiger charge is 2.15. The first-order chi connectivity index (χ1) is 8.54. The summed E-state index contributed by atoms with van der Waals surface area (Å²) in [5, 5.41) is 13.3. The van der Waals surface area contributed by atoms with E-state index in [1.54, 1.807) is 13.0 Å². The second kappa shape index (κ2) is 6.39. The van der Waals surface area contributed by atoms with E-state index in [0.29, 0.717) is 6.54 Å². The monoisotopic (exact) mass is 250 g/mol. The van der Waals surface area contributed by atoms with Gasteiger partial charge >= 0.3 is 5.69 Å². The highest BCUT2D eigenvalue weighted by atomic mass is 16.6. The number of rotatable bonds is 6. The number of ether oxygens (including phenoxy) is 1. The molecule has 1 amide bonds. The fourth-order valence-electron chi connectivity index (χ4n) is 1.27. The Bertz CT molecular complexity index is 471. The van der Waals surface area contributed by atoms with Gasteiger partial charge in [0.15, 0.2) is 12.4 Å². The summed E-state index contributed by atoms with van der Waals surface area (Å²) in [6.07, 6.45) is 1.53. The predicted molar refractivity (Wildman–Crippen MR) is 66.5 cm³/mol. The van der Waals surface area contributed by atoms with Crippen molar-refractivity contribution in [3.05, 3.63) is 46.5 Å². The summed E-state index contributed by atoms with van der Waals surface area (Å²) < 4.78 is 5.12. The van der Waals surface area contributed by atoms with Crippen molar-refractivity contribution in [3.8, 4) is 5.75 Å². The zero-order valence-corrected chi connectivity index (χ0v) is 10.0. The zero-order chi connectivity index (χ0) is 13.5. The topological polar surface area (TPSA) is 81.5 Å². The Balaban J connectivity index is 2.69. The molecule has 0 saturated carbocycles. The third kappa shape index (κ3) is 3.89. The highest BCUT2D eigenvalue weighted by molar-refractivity contribution is 5.77. The number of nitrogens with one attached hydrogen (secondary N) is 1. The second-order valence-electron chi connectivity index (χ2n) is 3.61. The van der Waals surface area contributed by atoms with E-state index in [-0.39, 0.29) is 24.0 Å². The minimum Gasteiger partial charge on any atom is -0.477 e. The molecule has 0 saturated heterocycles. The number of carbonyl (C=O) groups is 1. The molecule has 96 valence electrons. The minimum atomic E-state index is -0.538. The van der Waals surface area contributed by atoms with Crippen molar-refractivity contribution in [3.63, 3.8) is 0 Å². The Morgan fingerprint density at radius 3 is 2.94 bits per heavy atom. The summed E-state index contributed by atoms with van der Waals surface area (Å²) >= 11 is 0. The summed E-state index contributed by atoms with van der Waals surface area (Å²) in [5.74, 6) is -0.274. The molecule has 18 heavy (non-hydrogen) atoms. The number of nitrogens with zero attached hydrogens (tertiary/aromatic N) is 1. The predicted octanol–water partition coefficient (Wildman–Crippen LogP) is 1.58. The van der Waals surface area contributed by atoms with Gasteiger partial charge in [0.05, 0.1) is 4.92 Å². The van der Waals surface area contributed by atoms with E-state index in [2.05, 4.69) is 11.9 Å². The lowest BCUT2D eigenvalue weighted by atomic mass is 10.2. The van der Waals surface area contributed by atoms with E-state index in [0.717, 1.165) is 5.56 Å². The van der Waals surface area contributed by atoms with Gasteiger partial charge in [-0.15, -0.1) is 6.58 Å². The molecule has 0 aliphatic carbocycles. The van der Waals surface area contributed by atoms with Crippen LogP contribution < -0.4 is 10.1 Å². The second-order valence-corrected chi connectivity index (χ2v) is 3.61. The van der Waals surface area contributed by atoms with Gasteiger partial charge in [0, 0.05) is 12.6 Å². The molecule has 0 radical (unpaired) electrons. The van der Waals surface area contributed by atoms with Gasteiger partial charge in [0.25, 0.3) is 5.91 Å². The Morgan fingerprint density at radius 1 is 1.61 bits per heavy atom. The first-order valence-electron chi connectivity index (χ1n) is 5.30. The number of nitro groups is 1. The summed E-state index contributed by atoms with van der Waals surface area (Å²) in [6.45, 7) is 5.26. The van der Waals surface area contributed by atoms with Crippen molar-refractivity contribution < 1.29 is 14.5 Å². The van der Waals surface area contributed by atoms with Crippen molar-refractivity contribution in [2.75, 3.05) is 13.2 Å². The summed E-state index contributed by atoms with van der Waals surface area (Å²) in [6, 6.07) is 4.56. The van der Waals surface area contributed by atoms with Gasteiger partial charge in [-0.3, -0.25) is 14.9 Å². The van der Waals surface area contributed by atoms with Crippen LogP contribution in [0.25, 0.3) is 0 Å². The number of nitro benzene ring substituents is 1. The molecule has 0 unspecified atom stereocenters. The molecule has 1 N–H and O–H groups in total. The molecule has 0 fully saturated rings. The molecule has 0 aliphatic rings. The Morgan fingerprint density at radius 2 is 2.33 bits per heavy atom. The molecule has 0 heterocycles. The smallest absolute Gasteiger partial charge is 0.311 e. The lowest BCUT2D eigenvalue weighted by molar-refractivity contribution is -0.385. The number of hydrogen-bond acceptors (Lipinski definition) is 4. The van der Waals surface area contributed by atoms with Gasteiger partial charge in [0.2, 0.25) is 0 Å². The van der Waals surface area contributed by atoms with Crippen LogP contribution in [0.4, 0.5) is 5.69 Å². The fourth-order valence-corrected chi connectivity index (χ4v) is 1.27. The quantitative estimate of drug-likeness (QED) is 0.472. The number of benzene rings is 1. The first-order valence-corrected chi connectivity index (χ1v) is 5.30. The average molecular weight is 250 g/mol. The van der Waals surface area contributed by atoms with Crippen molar-refractivity contribution in [1.29, 1.82) is 0 Å². The van der Waals surface area contributed by atoms with E-state index in [9.17, 15) is 14.9 Å². The molecule has 0 bridgehead atoms. The fraction of sp³-hybridized carbons (Fsp3) is 0.250. The number of amides is 1. The SMILES string of the molecule is C=CCNC(=O)COc1ccc(C)cc1[N+](=O)[O-]. The maximum Gasteiger partial charge on any atom is 0.311 e. The average Bonchev–Trinajstić information content (AvgIpc) is 2.34. The highest BCUT2D eigenvalue weighted by Crippen LogP contribution is 2.27. The Hall–Kier alpha value is -2.37. The summed E-state index contributed by atoms with van der Waals surface area (Å²) in [4.78, 5) is 21.5. The van der Waals surface area contributed by atoms with Crippen LogP contribution in [-0.4, -0.2) is 24.0 Å². The Labute approximate surface area is 104 Å². The van der Waals surface area contributed by atoms with Crippen LogP contribution in [0, 0.1) is 17.0 Å². The third-order valence-corrected chi connectivity index (χ3v) is 2.11. The molecule has 1 aromatic carbocycles. The lowest BCUT2D eigenvalue weighted by Crippen LogP contribution is -2.28. The van der Waals surface area contributed by atoms with Crippen molar-refractivity contribution in [1.82, 2.24) is 5.32 Å². The Kier molecular flexibility index (Phi) is 4.86. The zero-order valence-electron chi connectivity index (χ0n) is 10.0. The molecule has 0 aliphatic heterocycles. The maximum atomic E-state index is 11.3. The van der Waals surface area contributed by atoms with Crippen LogP contribution in [-0.2, 0) is 4.79 Å². The minimum absolute atomic E-state index is 0.0827. The van der Waals surface area contributed by atoms with Gasteiger partial charge in [-0.25, -0.2) is 0 Å². The molecule has 6 heteroatoms. The van der Waals surface area contributed by atoms with Crippen LogP contribution in [0.15, 0.2) is 30.9 Å². The van der Waals surface area contributed by atoms with Crippen molar-refractivity contribution >= 4 is 11.6 Å². The van der Waals surface area contributed by atoms with Gasteiger partial charge in [-0.1, -0.05) is 12.1 Å². The van der Waals surface area contributed by atoms with E-state index in [1.807, 2.05) is 0 Å². The van der Waals surface area contributed by atoms with E-state index >= 15 is 0 Å². The number of hydrogen-bond donors (Lipinski definition) is 1. The van der Waals surface area contributed by atoms with E-state index in [1.165, 1.54) is 18.2 Å². The maximum absolute atomic E-state index is 11.3. The van der Waals surface area contributed by atoms with Crippen LogP contribution in [0.2, 0.25) is 0 Å². The van der Waals surface area contributed by atoms with Gasteiger partial charge < -0.3 is 10.1 Å². The third-order valence-electron chi connectivity index (χ3n) is 2.11. The molecular weight excluding hydrogens is 236 g/mol. The standard InChI is InChI=1S/C12H14N2O4/c1-3-6-13-12(15)8-18-11-5-4-9(2)7-10(11)14(16)17/h3-5,7H,1,6,8H2,2H3,(H,13,15). The number of carbonyl (C=O) groups excluding carboxylic acids is 1. The van der Waals surface area contributed by atoms with Gasteiger partial charge in [-0.05, 0) is 18.6 Å². The van der Waals surface area contributed by atoms with Crippen molar-refractivity contribution in [2.24, 2.45) is 0 Å². The largest absolute Gasteiger partial charge is 0.477 e. The van der Waals surface area contributed by atoms with Crippen LogP contribution in [0.3, 0.4) is 0 Å². The van der Waals surface area contributed by atoms with Crippen LogP contribution >= 0.6 is 0 Å². The van der Waals surface area contributed by atoms with Gasteiger partial charge in [0.1, 0.15) is 0 Å². The van der Waals surface area contributed by atoms with Crippen LogP contribution in [0.5, 0.6) is 5.75 Å². The lowest BCUT2D eigenvalue weighted by Gasteiger charge is -2.07. The number of aryl methyl sites for hydroxylation is 1. The summed E-state index contributed by atoms with van der Waals surface area (Å²) in [7, 11) is 0. The van der Waals surface area contributed by atoms with Crippen molar-refractivity contribution in [2.45, 2.75) is 6.92 Å². The summed E-state index contributed by atoms with van der Waals surface area (Å²) in [5.41, 5.74) is 0.608. The molecule has 1 aromatic rings. The molecule has 6 nitrogen and oxygen atoms in total. The molecule has 1 rings (SSSR count). The van der Waals surface area contributed by atoms with E-state index in [4.69, 9.17) is 4.74 Å². The van der Waals surface area contributed by atoms with Gasteiger partial charge in [-0.2, -0.15) is 0 Å². The normalized spacial score (nSPS) is 9.61. The first kappa shape index (κ1) is 13.7. The molecular formula is C12H14N2O4. The van der Waals surface area contributed by atoms with E-state index < -0.39 is 4.92 Å².